The van der Waals surface area contributed by atoms with Gasteiger partial charge in [0.05, 0.1) is 16.7 Å². The zero-order valence-electron chi connectivity index (χ0n) is 39.1. The van der Waals surface area contributed by atoms with Gasteiger partial charge in [0.1, 0.15) is 11.2 Å². The summed E-state index contributed by atoms with van der Waals surface area (Å²) in [6, 6.07) is 52.4. The van der Waals surface area contributed by atoms with E-state index in [0.717, 1.165) is 49.0 Å². The fourth-order valence-electron chi connectivity index (χ4n) is 7.95. The predicted octanol–water partition coefficient (Wildman–Crippen LogP) is 16.0. The topological polar surface area (TPSA) is 16.4 Å². The number of fused-ring (bicyclic) bond motifs is 6. The van der Waals surface area contributed by atoms with Gasteiger partial charge in [-0.05, 0) is 104 Å². The average Bonchev–Trinajstić information content (AvgIpc) is 3.75. The van der Waals surface area contributed by atoms with Gasteiger partial charge >= 0.3 is 0 Å². The van der Waals surface area contributed by atoms with Crippen LogP contribution in [0.1, 0.15) is 11.0 Å². The molecule has 0 saturated carbocycles. The zero-order chi connectivity index (χ0) is 45.4. The van der Waals surface area contributed by atoms with Gasteiger partial charge in [-0.25, -0.2) is 0 Å². The summed E-state index contributed by atoms with van der Waals surface area (Å²) in [6.07, 6.45) is 0. The minimum atomic E-state index is -0.416. The van der Waals surface area contributed by atoms with Crippen LogP contribution < -0.4 is 4.90 Å². The van der Waals surface area contributed by atoms with Crippen molar-refractivity contribution in [3.8, 4) is 44.5 Å². The lowest BCUT2D eigenvalue weighted by molar-refractivity contribution is 0.673. The maximum atomic E-state index is 9.76. The van der Waals surface area contributed by atoms with E-state index in [4.69, 9.17) is 4.42 Å². The fraction of sp³-hybridized carbons (Fsp3) is 0. The van der Waals surface area contributed by atoms with E-state index in [1.54, 1.807) is 30.3 Å². The molecule has 0 saturated heterocycles. The minimum Gasteiger partial charge on any atom is -0.455 e. The number of nitrogens with zero attached hydrogens (tertiary/aromatic N) is 1. The molecule has 272 valence electrons. The van der Waals surface area contributed by atoms with E-state index in [0.29, 0.717) is 33.5 Å². The van der Waals surface area contributed by atoms with Crippen LogP contribution in [-0.4, -0.2) is 0 Å². The second-order valence-electron chi connectivity index (χ2n) is 14.3. The van der Waals surface area contributed by atoms with E-state index in [1.807, 2.05) is 146 Å². The number of hydrogen-bond acceptors (Lipinski definition) is 2. The van der Waals surface area contributed by atoms with Gasteiger partial charge in [-0.3, -0.25) is 0 Å². The van der Waals surface area contributed by atoms with Crippen LogP contribution in [-0.2, 0) is 0 Å². The molecule has 0 N–H and O–H groups in total. The van der Waals surface area contributed by atoms with E-state index in [-0.39, 0.29) is 46.7 Å². The molecule has 0 aliphatic heterocycles. The van der Waals surface area contributed by atoms with Crippen molar-refractivity contribution >= 4 is 60.5 Å². The van der Waals surface area contributed by atoms with Gasteiger partial charge in [-0.15, -0.1) is 0 Å². The molecule has 0 aliphatic rings. The molecule has 1 heterocycles. The van der Waals surface area contributed by atoms with E-state index < -0.39 is 24.2 Å². The van der Waals surface area contributed by atoms with Crippen LogP contribution >= 0.6 is 0 Å². The molecule has 0 fully saturated rings. The van der Waals surface area contributed by atoms with E-state index >= 15 is 0 Å². The molecule has 1 aromatic heterocycles. The molecule has 0 radical (unpaired) electrons. The number of rotatable bonds is 7. The van der Waals surface area contributed by atoms with Crippen molar-refractivity contribution in [3.63, 3.8) is 0 Å². The second-order valence-corrected chi connectivity index (χ2v) is 14.3. The SMILES string of the molecule is [2H]c1c([2H])c(N(c2ccccc2-c2cc3ccccc3c3oc4ccccc4c23)c2c([2H])c([2H])c(-c3ccc4ccccc4c3)c([2H])c2[2H])c([2H])c([2H])c1-c1ccc(-c2ccccc2)cc1. The predicted molar refractivity (Wildman–Crippen MR) is 245 cm³/mol. The van der Waals surface area contributed by atoms with Crippen LogP contribution in [0.25, 0.3) is 88.0 Å². The maximum Gasteiger partial charge on any atom is 0.143 e. The number of hydrogen-bond donors (Lipinski definition) is 0. The van der Waals surface area contributed by atoms with Crippen LogP contribution in [0.5, 0.6) is 0 Å². The molecule has 0 bridgehead atoms. The maximum absolute atomic E-state index is 9.76. The van der Waals surface area contributed by atoms with Gasteiger partial charge < -0.3 is 9.32 Å². The summed E-state index contributed by atoms with van der Waals surface area (Å²) in [4.78, 5) is 1.40. The highest BCUT2D eigenvalue weighted by Gasteiger charge is 2.22. The Hall–Kier alpha value is -7.68. The molecule has 0 unspecified atom stereocenters. The summed E-state index contributed by atoms with van der Waals surface area (Å²) < 4.78 is 83.8. The lowest BCUT2D eigenvalue weighted by Crippen LogP contribution is -2.11. The first-order chi connectivity index (χ1) is 32.1. The molecule has 2 nitrogen and oxygen atoms in total. The highest BCUT2D eigenvalue weighted by molar-refractivity contribution is 6.22. The van der Waals surface area contributed by atoms with E-state index in [9.17, 15) is 11.0 Å². The summed E-state index contributed by atoms with van der Waals surface area (Å²) in [6.45, 7) is 0. The van der Waals surface area contributed by atoms with Crippen molar-refractivity contribution in [2.75, 3.05) is 4.90 Å². The van der Waals surface area contributed by atoms with E-state index in [1.165, 1.54) is 4.90 Å². The van der Waals surface area contributed by atoms with E-state index in [2.05, 4.69) is 0 Å². The van der Waals surface area contributed by atoms with Crippen molar-refractivity contribution < 1.29 is 15.4 Å². The minimum absolute atomic E-state index is 0.0916. The van der Waals surface area contributed by atoms with Crippen LogP contribution in [0.2, 0.25) is 0 Å². The Kier molecular flexibility index (Phi) is 6.38. The second kappa shape index (κ2) is 14.1. The molecule has 11 rings (SSSR count). The molecular weight excluding hydrogens is 703 g/mol. The molecule has 11 aromatic rings. The van der Waals surface area contributed by atoms with Crippen LogP contribution in [0, 0.1) is 0 Å². The summed E-state index contributed by atoms with van der Waals surface area (Å²) in [5, 5.41) is 5.28. The van der Waals surface area contributed by atoms with Gasteiger partial charge in [-0.1, -0.05) is 176 Å². The van der Waals surface area contributed by atoms with Crippen LogP contribution in [0.3, 0.4) is 0 Å². The normalized spacial score (nSPS) is 13.4. The van der Waals surface area contributed by atoms with Crippen molar-refractivity contribution in [2.45, 2.75) is 0 Å². The molecule has 10 aromatic carbocycles. The smallest absolute Gasteiger partial charge is 0.143 e. The summed E-state index contributed by atoms with van der Waals surface area (Å²) in [7, 11) is 0. The Morgan fingerprint density at radius 1 is 0.362 bits per heavy atom. The standard InChI is InChI=1S/C56H37NO/c1-2-12-38(13-3-1)40-22-24-41(25-23-40)42-28-32-47(33-29-42)57(48-34-30-43(31-35-48)45-27-26-39-14-4-5-15-44(39)36-45)53-20-10-8-18-50(53)52-37-46-16-6-7-17-49(46)56-55(52)51-19-9-11-21-54(51)58-56/h1-37H/i28D,29D,30D,31D,32D,33D,34D,35D. The van der Waals surface area contributed by atoms with Crippen molar-refractivity contribution in [1.82, 2.24) is 0 Å². The summed E-state index contributed by atoms with van der Waals surface area (Å²) in [5.41, 5.74) is 5.60. The number of benzene rings is 10. The largest absolute Gasteiger partial charge is 0.455 e. The van der Waals surface area contributed by atoms with Crippen LogP contribution in [0.4, 0.5) is 17.1 Å². The lowest BCUT2D eigenvalue weighted by Gasteiger charge is -2.28. The third kappa shape index (κ3) is 5.91. The molecule has 0 atom stereocenters. The number of para-hydroxylation sites is 2. The lowest BCUT2D eigenvalue weighted by atomic mass is 9.93. The summed E-state index contributed by atoms with van der Waals surface area (Å²) in [5.74, 6) is 0. The summed E-state index contributed by atoms with van der Waals surface area (Å²) >= 11 is 0. The third-order valence-electron chi connectivity index (χ3n) is 10.8. The number of furan rings is 1. The molecular formula is C56H37NO. The van der Waals surface area contributed by atoms with Gasteiger partial charge in [0.2, 0.25) is 0 Å². The fourth-order valence-corrected chi connectivity index (χ4v) is 7.95. The molecule has 58 heavy (non-hydrogen) atoms. The quantitative estimate of drug-likeness (QED) is 0.161. The van der Waals surface area contributed by atoms with Crippen molar-refractivity contribution in [1.29, 1.82) is 0 Å². The Morgan fingerprint density at radius 2 is 0.897 bits per heavy atom. The Labute approximate surface area is 348 Å². The average molecular weight is 748 g/mol. The van der Waals surface area contributed by atoms with Gasteiger partial charge in [0, 0.05) is 33.1 Å². The third-order valence-corrected chi connectivity index (χ3v) is 10.8. The molecule has 0 amide bonds. The highest BCUT2D eigenvalue weighted by Crippen LogP contribution is 2.47. The Bertz CT molecular complexity index is 3700. The molecule has 0 spiro atoms. The Balaban J connectivity index is 1.20. The van der Waals surface area contributed by atoms with Crippen molar-refractivity contribution in [3.05, 3.63) is 224 Å². The van der Waals surface area contributed by atoms with Gasteiger partial charge in [0.15, 0.2) is 0 Å². The van der Waals surface area contributed by atoms with Gasteiger partial charge in [-0.2, -0.15) is 0 Å². The number of anilines is 3. The monoisotopic (exact) mass is 747 g/mol. The highest BCUT2D eigenvalue weighted by atomic mass is 16.3. The van der Waals surface area contributed by atoms with Gasteiger partial charge in [0.25, 0.3) is 0 Å². The first-order valence-electron chi connectivity index (χ1n) is 23.2. The van der Waals surface area contributed by atoms with Crippen LogP contribution in [0.15, 0.2) is 229 Å². The first kappa shape index (κ1) is 26.2. The first-order valence-corrected chi connectivity index (χ1v) is 19.2. The molecule has 0 aliphatic carbocycles. The zero-order valence-corrected chi connectivity index (χ0v) is 31.1. The van der Waals surface area contributed by atoms with Crippen molar-refractivity contribution in [2.24, 2.45) is 0 Å². The Morgan fingerprint density at radius 3 is 1.64 bits per heavy atom. The molecule has 2 heteroatoms.